The number of carbonyl (C=O) groups excluding carboxylic acids is 1. The van der Waals surface area contributed by atoms with E-state index in [0.717, 1.165) is 37.8 Å². The maximum atomic E-state index is 12.3. The molecule has 0 bridgehead atoms. The van der Waals surface area contributed by atoms with Crippen molar-refractivity contribution in [3.05, 3.63) is 36.2 Å². The number of aromatic nitrogens is 2. The molecule has 2 heterocycles. The number of amides is 1. The highest BCUT2D eigenvalue weighted by atomic mass is 16.5. The molecule has 0 radical (unpaired) electrons. The molecular formula is C17H21N3O2. The summed E-state index contributed by atoms with van der Waals surface area (Å²) in [5, 5.41) is 4.08. The second-order valence-corrected chi connectivity index (χ2v) is 5.67. The molecule has 2 aromatic rings. The Morgan fingerprint density at radius 3 is 2.91 bits per heavy atom. The van der Waals surface area contributed by atoms with E-state index in [1.165, 1.54) is 0 Å². The summed E-state index contributed by atoms with van der Waals surface area (Å²) in [6, 6.07) is 9.69. The van der Waals surface area contributed by atoms with Crippen LogP contribution in [0.4, 0.5) is 0 Å². The van der Waals surface area contributed by atoms with Crippen LogP contribution in [-0.4, -0.2) is 27.5 Å². The number of hydrogen-bond donors (Lipinski definition) is 0. The molecule has 1 fully saturated rings. The fourth-order valence-corrected chi connectivity index (χ4v) is 2.92. The topological polar surface area (TPSA) is 59.2 Å². The summed E-state index contributed by atoms with van der Waals surface area (Å²) < 4.78 is 5.46. The zero-order chi connectivity index (χ0) is 15.4. The van der Waals surface area contributed by atoms with Crippen LogP contribution >= 0.6 is 0 Å². The number of nitrogens with zero attached hydrogens (tertiary/aromatic N) is 3. The Morgan fingerprint density at radius 1 is 1.32 bits per heavy atom. The molecule has 0 saturated carbocycles. The van der Waals surface area contributed by atoms with Crippen molar-refractivity contribution in [1.29, 1.82) is 0 Å². The highest BCUT2D eigenvalue weighted by molar-refractivity contribution is 5.76. The maximum Gasteiger partial charge on any atom is 0.249 e. The summed E-state index contributed by atoms with van der Waals surface area (Å²) in [7, 11) is 0. The number of carbonyl (C=O) groups is 1. The first-order chi connectivity index (χ1) is 10.8. The molecule has 1 aromatic heterocycles. The predicted molar refractivity (Wildman–Crippen MR) is 82.9 cm³/mol. The highest BCUT2D eigenvalue weighted by Gasteiger charge is 2.31. The van der Waals surface area contributed by atoms with E-state index in [2.05, 4.69) is 10.1 Å². The number of rotatable bonds is 4. The van der Waals surface area contributed by atoms with Crippen molar-refractivity contribution in [2.24, 2.45) is 0 Å². The molecule has 1 atom stereocenters. The van der Waals surface area contributed by atoms with E-state index in [1.807, 2.05) is 42.2 Å². The first-order valence-electron chi connectivity index (χ1n) is 7.98. The highest BCUT2D eigenvalue weighted by Crippen LogP contribution is 2.31. The number of piperidine rings is 1. The summed E-state index contributed by atoms with van der Waals surface area (Å²) in [5.41, 5.74) is 0.930. The zero-order valence-electron chi connectivity index (χ0n) is 12.9. The van der Waals surface area contributed by atoms with Crippen LogP contribution in [0.1, 0.15) is 51.0 Å². The van der Waals surface area contributed by atoms with Crippen LogP contribution in [0.3, 0.4) is 0 Å². The fraction of sp³-hybridized carbons (Fsp3) is 0.471. The van der Waals surface area contributed by atoms with Crippen molar-refractivity contribution < 1.29 is 9.32 Å². The van der Waals surface area contributed by atoms with Gasteiger partial charge in [-0.05, 0) is 25.7 Å². The van der Waals surface area contributed by atoms with Crippen LogP contribution in [0.25, 0.3) is 11.4 Å². The fourth-order valence-electron chi connectivity index (χ4n) is 2.92. The Kier molecular flexibility index (Phi) is 4.51. The van der Waals surface area contributed by atoms with Gasteiger partial charge in [-0.2, -0.15) is 4.98 Å². The second kappa shape index (κ2) is 6.73. The lowest BCUT2D eigenvalue weighted by molar-refractivity contribution is -0.135. The van der Waals surface area contributed by atoms with Crippen LogP contribution in [0.15, 0.2) is 34.9 Å². The van der Waals surface area contributed by atoms with Gasteiger partial charge in [0.05, 0.1) is 0 Å². The minimum Gasteiger partial charge on any atom is -0.337 e. The lowest BCUT2D eigenvalue weighted by atomic mass is 10.0. The average Bonchev–Trinajstić information content (AvgIpc) is 3.06. The molecule has 5 heteroatoms. The van der Waals surface area contributed by atoms with Crippen molar-refractivity contribution in [2.45, 2.75) is 45.1 Å². The first kappa shape index (κ1) is 14.8. The molecule has 22 heavy (non-hydrogen) atoms. The number of benzene rings is 1. The van der Waals surface area contributed by atoms with E-state index >= 15 is 0 Å². The summed E-state index contributed by atoms with van der Waals surface area (Å²) in [6.45, 7) is 2.81. The third kappa shape index (κ3) is 3.03. The molecule has 1 amide bonds. The van der Waals surface area contributed by atoms with Crippen LogP contribution < -0.4 is 0 Å². The molecule has 1 aromatic carbocycles. The molecule has 0 spiro atoms. The normalized spacial score (nSPS) is 18.4. The van der Waals surface area contributed by atoms with Crippen molar-refractivity contribution >= 4 is 5.91 Å². The monoisotopic (exact) mass is 299 g/mol. The van der Waals surface area contributed by atoms with E-state index in [-0.39, 0.29) is 11.9 Å². The van der Waals surface area contributed by atoms with Gasteiger partial charge in [0.2, 0.25) is 17.6 Å². The third-order valence-electron chi connectivity index (χ3n) is 4.05. The van der Waals surface area contributed by atoms with E-state index < -0.39 is 0 Å². The first-order valence-corrected chi connectivity index (χ1v) is 7.98. The van der Waals surface area contributed by atoms with Gasteiger partial charge in [0.15, 0.2) is 0 Å². The summed E-state index contributed by atoms with van der Waals surface area (Å²) in [5.74, 6) is 1.33. The standard InChI is InChI=1S/C17H21N3O2/c1-2-8-15(21)20-12-7-6-11-14(20)17-18-16(19-22-17)13-9-4-3-5-10-13/h3-5,9-10,14H,2,6-8,11-12H2,1H3/t14-/m1/s1. The van der Waals surface area contributed by atoms with Gasteiger partial charge in [0.25, 0.3) is 0 Å². The van der Waals surface area contributed by atoms with Crippen LogP contribution in [0.5, 0.6) is 0 Å². The molecule has 0 unspecified atom stereocenters. The van der Waals surface area contributed by atoms with Crippen LogP contribution in [0.2, 0.25) is 0 Å². The van der Waals surface area contributed by atoms with Gasteiger partial charge in [-0.1, -0.05) is 42.4 Å². The Bertz CT molecular complexity index is 624. The second-order valence-electron chi connectivity index (χ2n) is 5.67. The smallest absolute Gasteiger partial charge is 0.249 e. The molecular weight excluding hydrogens is 278 g/mol. The lowest BCUT2D eigenvalue weighted by Crippen LogP contribution is -2.38. The van der Waals surface area contributed by atoms with E-state index in [4.69, 9.17) is 4.52 Å². The molecule has 116 valence electrons. The molecule has 5 nitrogen and oxygen atoms in total. The van der Waals surface area contributed by atoms with Gasteiger partial charge in [-0.25, -0.2) is 0 Å². The van der Waals surface area contributed by atoms with E-state index in [9.17, 15) is 4.79 Å². The molecule has 1 aliphatic heterocycles. The van der Waals surface area contributed by atoms with Crippen molar-refractivity contribution in [2.75, 3.05) is 6.54 Å². The van der Waals surface area contributed by atoms with Crippen LogP contribution in [-0.2, 0) is 4.79 Å². The minimum absolute atomic E-state index is 0.0715. The largest absolute Gasteiger partial charge is 0.337 e. The molecule has 3 rings (SSSR count). The average molecular weight is 299 g/mol. The molecule has 0 aliphatic carbocycles. The van der Waals surface area contributed by atoms with Gasteiger partial charge in [0, 0.05) is 18.5 Å². The summed E-state index contributed by atoms with van der Waals surface area (Å²) in [4.78, 5) is 18.7. The lowest BCUT2D eigenvalue weighted by Gasteiger charge is -2.33. The zero-order valence-corrected chi connectivity index (χ0v) is 12.9. The van der Waals surface area contributed by atoms with E-state index in [1.54, 1.807) is 0 Å². The van der Waals surface area contributed by atoms with Crippen LogP contribution in [0, 0.1) is 0 Å². The van der Waals surface area contributed by atoms with E-state index in [0.29, 0.717) is 18.1 Å². The minimum atomic E-state index is -0.0715. The summed E-state index contributed by atoms with van der Waals surface area (Å²) in [6.07, 6.45) is 4.47. The summed E-state index contributed by atoms with van der Waals surface area (Å²) >= 11 is 0. The maximum absolute atomic E-state index is 12.3. The quantitative estimate of drug-likeness (QED) is 0.865. The van der Waals surface area contributed by atoms with Gasteiger partial charge in [0.1, 0.15) is 6.04 Å². The number of likely N-dealkylation sites (tertiary alicyclic amines) is 1. The number of hydrogen-bond acceptors (Lipinski definition) is 4. The van der Waals surface area contributed by atoms with Gasteiger partial charge < -0.3 is 9.42 Å². The molecule has 1 saturated heterocycles. The third-order valence-corrected chi connectivity index (χ3v) is 4.05. The van der Waals surface area contributed by atoms with Gasteiger partial charge in [-0.15, -0.1) is 0 Å². The molecule has 0 N–H and O–H groups in total. The van der Waals surface area contributed by atoms with Gasteiger partial charge >= 0.3 is 0 Å². The molecule has 1 aliphatic rings. The Balaban J connectivity index is 1.82. The van der Waals surface area contributed by atoms with Crippen molar-refractivity contribution in [1.82, 2.24) is 15.0 Å². The van der Waals surface area contributed by atoms with Crippen molar-refractivity contribution in [3.63, 3.8) is 0 Å². The van der Waals surface area contributed by atoms with Crippen molar-refractivity contribution in [3.8, 4) is 11.4 Å². The predicted octanol–water partition coefficient (Wildman–Crippen LogP) is 3.59. The Morgan fingerprint density at radius 2 is 2.14 bits per heavy atom. The SMILES string of the molecule is CCCC(=O)N1CCCC[C@@H]1c1nc(-c2ccccc2)no1. The Hall–Kier alpha value is -2.17. The Labute approximate surface area is 130 Å². The van der Waals surface area contributed by atoms with Gasteiger partial charge in [-0.3, -0.25) is 4.79 Å².